The Morgan fingerprint density at radius 3 is 2.58 bits per heavy atom. The average Bonchev–Trinajstić information content (AvgIpc) is 3.47. The van der Waals surface area contributed by atoms with Gasteiger partial charge >= 0.3 is 18.1 Å². The van der Waals surface area contributed by atoms with Crippen LogP contribution in [-0.2, 0) is 13.1 Å². The third-order valence-corrected chi connectivity index (χ3v) is 6.76. The van der Waals surface area contributed by atoms with Crippen LogP contribution in [0.15, 0.2) is 48.7 Å². The van der Waals surface area contributed by atoms with Crippen molar-refractivity contribution < 1.29 is 32.7 Å². The number of benzene rings is 2. The number of nitrogens with zero attached hydrogens (tertiary/aromatic N) is 5. The fourth-order valence-electron chi connectivity index (χ4n) is 4.79. The standard InChI is InChI=1S/C25H25F2N5O6/c26-25(27)37-21-6-1-17(13-22(21)38-25)14-29-9-11-30(12-10-29)18-2-4-19(5-3-18)35-16-20-7-8-31-15-23(32(33)34)28-24(31)36-20/h1-6,13,15,20H,7-12,14,16H2. The highest BCUT2D eigenvalue weighted by Gasteiger charge is 2.43. The summed E-state index contributed by atoms with van der Waals surface area (Å²) in [7, 11) is 0. The number of hydrogen-bond donors (Lipinski definition) is 0. The first-order chi connectivity index (χ1) is 18.3. The van der Waals surface area contributed by atoms with Gasteiger partial charge in [0, 0.05) is 56.4 Å². The number of imidazole rings is 1. The van der Waals surface area contributed by atoms with E-state index in [1.807, 2.05) is 24.3 Å². The third-order valence-electron chi connectivity index (χ3n) is 6.76. The van der Waals surface area contributed by atoms with Gasteiger partial charge in [-0.2, -0.15) is 0 Å². The normalized spacial score (nSPS) is 20.1. The van der Waals surface area contributed by atoms with Gasteiger partial charge < -0.3 is 34.0 Å². The summed E-state index contributed by atoms with van der Waals surface area (Å²) in [6.45, 7) is 4.86. The first-order valence-electron chi connectivity index (χ1n) is 12.3. The van der Waals surface area contributed by atoms with Gasteiger partial charge in [-0.1, -0.05) is 6.07 Å². The number of alkyl halides is 2. The SMILES string of the molecule is O=[N+]([O-])c1cn2c(n1)OC(COc1ccc(N3CCN(Cc4ccc5c(c4)OC(F)(F)O5)CC3)cc1)CC2. The van der Waals surface area contributed by atoms with E-state index in [9.17, 15) is 18.9 Å². The topological polar surface area (TPSA) is 104 Å². The number of halogens is 2. The second-order valence-corrected chi connectivity index (χ2v) is 9.38. The van der Waals surface area contributed by atoms with Gasteiger partial charge in [-0.25, -0.2) is 0 Å². The van der Waals surface area contributed by atoms with Crippen molar-refractivity contribution in [2.75, 3.05) is 37.7 Å². The van der Waals surface area contributed by atoms with Crippen LogP contribution in [-0.4, -0.2) is 64.6 Å². The summed E-state index contributed by atoms with van der Waals surface area (Å²) >= 11 is 0. The van der Waals surface area contributed by atoms with E-state index in [0.717, 1.165) is 37.4 Å². The van der Waals surface area contributed by atoms with Gasteiger partial charge in [0.15, 0.2) is 11.5 Å². The van der Waals surface area contributed by atoms with Crippen LogP contribution in [0.1, 0.15) is 12.0 Å². The second kappa shape index (κ2) is 9.63. The zero-order chi connectivity index (χ0) is 26.3. The molecule has 3 aromatic rings. The largest absolute Gasteiger partial charge is 0.586 e. The summed E-state index contributed by atoms with van der Waals surface area (Å²) in [5.41, 5.74) is 1.98. The van der Waals surface area contributed by atoms with Gasteiger partial charge in [0.1, 0.15) is 24.7 Å². The van der Waals surface area contributed by atoms with E-state index in [1.54, 1.807) is 16.7 Å². The lowest BCUT2D eigenvalue weighted by Gasteiger charge is -2.36. The molecule has 38 heavy (non-hydrogen) atoms. The maximum atomic E-state index is 13.3. The lowest BCUT2D eigenvalue weighted by atomic mass is 10.1. The molecular formula is C25H25F2N5O6. The summed E-state index contributed by atoms with van der Waals surface area (Å²) < 4.78 is 48.8. The Balaban J connectivity index is 0.969. The molecule has 1 aromatic heterocycles. The fourth-order valence-corrected chi connectivity index (χ4v) is 4.79. The predicted molar refractivity (Wildman–Crippen MR) is 130 cm³/mol. The van der Waals surface area contributed by atoms with Crippen molar-refractivity contribution in [3.05, 3.63) is 64.3 Å². The van der Waals surface area contributed by atoms with Crippen molar-refractivity contribution in [3.8, 4) is 23.3 Å². The van der Waals surface area contributed by atoms with Crippen molar-refractivity contribution in [2.45, 2.75) is 31.9 Å². The summed E-state index contributed by atoms with van der Waals surface area (Å²) in [6.07, 6.45) is -1.79. The number of aryl methyl sites for hydroxylation is 1. The molecular weight excluding hydrogens is 504 g/mol. The second-order valence-electron chi connectivity index (χ2n) is 9.38. The first kappa shape index (κ1) is 24.2. The highest BCUT2D eigenvalue weighted by Crippen LogP contribution is 2.41. The number of aromatic nitrogens is 2. The minimum absolute atomic E-state index is 0.0562. The molecule has 13 heteroatoms. The maximum Gasteiger partial charge on any atom is 0.586 e. The molecule has 0 aliphatic carbocycles. The molecule has 3 aliphatic rings. The minimum atomic E-state index is -3.60. The molecule has 0 bridgehead atoms. The number of fused-ring (bicyclic) bond motifs is 2. The van der Waals surface area contributed by atoms with Gasteiger partial charge in [-0.05, 0) is 46.9 Å². The van der Waals surface area contributed by atoms with E-state index in [2.05, 4.69) is 24.3 Å². The summed E-state index contributed by atoms with van der Waals surface area (Å²) in [4.78, 5) is 18.8. The van der Waals surface area contributed by atoms with Crippen LogP contribution < -0.4 is 23.8 Å². The Labute approximate surface area is 216 Å². The van der Waals surface area contributed by atoms with Gasteiger partial charge in [0.25, 0.3) is 0 Å². The third kappa shape index (κ3) is 5.14. The highest BCUT2D eigenvalue weighted by molar-refractivity contribution is 5.49. The lowest BCUT2D eigenvalue weighted by molar-refractivity contribution is -0.389. The molecule has 4 heterocycles. The number of piperazine rings is 1. The van der Waals surface area contributed by atoms with E-state index in [0.29, 0.717) is 31.9 Å². The van der Waals surface area contributed by atoms with Crippen LogP contribution in [0, 0.1) is 10.1 Å². The molecule has 11 nitrogen and oxygen atoms in total. The summed E-state index contributed by atoms with van der Waals surface area (Å²) in [5.74, 6) is 0.613. The van der Waals surface area contributed by atoms with Crippen molar-refractivity contribution in [1.82, 2.24) is 14.5 Å². The van der Waals surface area contributed by atoms with Crippen LogP contribution in [0.3, 0.4) is 0 Å². The Kier molecular flexibility index (Phi) is 6.14. The van der Waals surface area contributed by atoms with Gasteiger partial charge in [0.2, 0.25) is 0 Å². The van der Waals surface area contributed by atoms with Crippen molar-refractivity contribution in [3.63, 3.8) is 0 Å². The number of rotatable bonds is 7. The Bertz CT molecular complexity index is 1330. The van der Waals surface area contributed by atoms with E-state index in [-0.39, 0.29) is 29.4 Å². The van der Waals surface area contributed by atoms with Gasteiger partial charge in [0.05, 0.1) is 0 Å². The van der Waals surface area contributed by atoms with Crippen LogP contribution in [0.5, 0.6) is 23.3 Å². The monoisotopic (exact) mass is 529 g/mol. The predicted octanol–water partition coefficient (Wildman–Crippen LogP) is 3.67. The molecule has 1 saturated heterocycles. The first-order valence-corrected chi connectivity index (χ1v) is 12.3. The van der Waals surface area contributed by atoms with Crippen LogP contribution in [0.2, 0.25) is 0 Å². The number of ether oxygens (including phenoxy) is 4. The highest BCUT2D eigenvalue weighted by atomic mass is 19.3. The Morgan fingerprint density at radius 2 is 1.82 bits per heavy atom. The Morgan fingerprint density at radius 1 is 1.05 bits per heavy atom. The number of anilines is 1. The van der Waals surface area contributed by atoms with Gasteiger partial charge in [-0.3, -0.25) is 9.47 Å². The lowest BCUT2D eigenvalue weighted by Crippen LogP contribution is -2.45. The van der Waals surface area contributed by atoms with Crippen LogP contribution in [0.25, 0.3) is 0 Å². The molecule has 0 radical (unpaired) electrons. The number of nitro groups is 1. The van der Waals surface area contributed by atoms with Crippen LogP contribution >= 0.6 is 0 Å². The molecule has 0 spiro atoms. The zero-order valence-corrected chi connectivity index (χ0v) is 20.3. The maximum absolute atomic E-state index is 13.3. The summed E-state index contributed by atoms with van der Waals surface area (Å²) in [5, 5.41) is 10.9. The summed E-state index contributed by atoms with van der Waals surface area (Å²) in [6, 6.07) is 13.0. The molecule has 1 atom stereocenters. The molecule has 1 unspecified atom stereocenters. The van der Waals surface area contributed by atoms with E-state index >= 15 is 0 Å². The van der Waals surface area contributed by atoms with Crippen molar-refractivity contribution >= 4 is 11.5 Å². The molecule has 3 aliphatic heterocycles. The minimum Gasteiger partial charge on any atom is -0.490 e. The quantitative estimate of drug-likeness (QED) is 0.335. The molecule has 0 amide bonds. The molecule has 0 saturated carbocycles. The average molecular weight is 530 g/mol. The van der Waals surface area contributed by atoms with E-state index in [4.69, 9.17) is 9.47 Å². The van der Waals surface area contributed by atoms with Crippen LogP contribution in [0.4, 0.5) is 20.3 Å². The molecule has 0 N–H and O–H groups in total. The van der Waals surface area contributed by atoms with Gasteiger partial charge in [-0.15, -0.1) is 8.78 Å². The number of hydrogen-bond acceptors (Lipinski definition) is 9. The van der Waals surface area contributed by atoms with Crippen molar-refractivity contribution in [1.29, 1.82) is 0 Å². The van der Waals surface area contributed by atoms with E-state index in [1.165, 1.54) is 12.3 Å². The molecule has 2 aromatic carbocycles. The molecule has 1 fully saturated rings. The molecule has 200 valence electrons. The smallest absolute Gasteiger partial charge is 0.490 e. The Hall–Kier alpha value is -4.13. The fraction of sp³-hybridized carbons (Fsp3) is 0.400. The molecule has 6 rings (SSSR count). The zero-order valence-electron chi connectivity index (χ0n) is 20.3. The van der Waals surface area contributed by atoms with Crippen molar-refractivity contribution in [2.24, 2.45) is 0 Å². The van der Waals surface area contributed by atoms with E-state index < -0.39 is 11.2 Å².